The molecular weight excluding hydrogens is 671 g/mol. The average molecular weight is 718 g/mol. The van der Waals surface area contributed by atoms with Crippen molar-refractivity contribution in [1.82, 2.24) is 10.2 Å². The van der Waals surface area contributed by atoms with E-state index in [1.54, 1.807) is 12.1 Å². The first-order valence-corrected chi connectivity index (χ1v) is 18.1. The Morgan fingerprint density at radius 1 is 0.784 bits per heavy atom. The Balaban J connectivity index is 1.91. The fourth-order valence-electron chi connectivity index (χ4n) is 5.58. The number of hydrogen-bond donors (Lipinski definition) is 1. The SMILES string of the molecule is CCC(C)NC(=O)C(Cc1ccccc1)N(Cc1ccccc1C)C(=O)CN(c1cc(OC)ccc1OC)S(=O)(=O)c1ccc(OC)c(OC)c1. The van der Waals surface area contributed by atoms with E-state index in [4.69, 9.17) is 18.9 Å². The molecule has 2 unspecified atom stereocenters. The van der Waals surface area contributed by atoms with Crippen molar-refractivity contribution in [2.75, 3.05) is 39.3 Å². The van der Waals surface area contributed by atoms with Gasteiger partial charge in [0, 0.05) is 31.1 Å². The highest BCUT2D eigenvalue weighted by molar-refractivity contribution is 7.92. The summed E-state index contributed by atoms with van der Waals surface area (Å²) >= 11 is 0. The second kappa shape index (κ2) is 17.6. The fourth-order valence-corrected chi connectivity index (χ4v) is 7.01. The van der Waals surface area contributed by atoms with Crippen LogP contribution in [0.25, 0.3) is 0 Å². The molecule has 0 aliphatic carbocycles. The number of carbonyl (C=O) groups is 2. The van der Waals surface area contributed by atoms with Gasteiger partial charge in [0.05, 0.1) is 39.0 Å². The highest BCUT2D eigenvalue weighted by atomic mass is 32.2. The van der Waals surface area contributed by atoms with Crippen LogP contribution in [0, 0.1) is 6.92 Å². The van der Waals surface area contributed by atoms with E-state index >= 15 is 0 Å². The van der Waals surface area contributed by atoms with Gasteiger partial charge in [0.2, 0.25) is 11.8 Å². The van der Waals surface area contributed by atoms with Gasteiger partial charge in [-0.3, -0.25) is 13.9 Å². The van der Waals surface area contributed by atoms with Crippen molar-refractivity contribution in [3.63, 3.8) is 0 Å². The topological polar surface area (TPSA) is 124 Å². The van der Waals surface area contributed by atoms with Crippen molar-refractivity contribution in [3.05, 3.63) is 108 Å². The van der Waals surface area contributed by atoms with Crippen LogP contribution in [0.5, 0.6) is 23.0 Å². The van der Waals surface area contributed by atoms with Crippen molar-refractivity contribution >= 4 is 27.5 Å². The molecule has 0 radical (unpaired) electrons. The standard InChI is InChI=1S/C39H47N3O8S/c1-8-28(3)40-39(44)34(22-29-15-10-9-11-16-29)41(25-30-17-13-12-14-27(30)2)38(43)26-42(33-23-31(47-4)18-20-35(33)48-5)51(45,46)32-19-21-36(49-6)37(24-32)50-7/h9-21,23-24,28,34H,8,22,25-26H2,1-7H3,(H,40,44). The summed E-state index contributed by atoms with van der Waals surface area (Å²) in [6, 6.07) is 24.8. The zero-order chi connectivity index (χ0) is 37.1. The molecule has 0 aliphatic rings. The zero-order valence-electron chi connectivity index (χ0n) is 30.2. The highest BCUT2D eigenvalue weighted by Gasteiger charge is 2.36. The summed E-state index contributed by atoms with van der Waals surface area (Å²) in [6.45, 7) is 5.17. The lowest BCUT2D eigenvalue weighted by Gasteiger charge is -2.35. The molecule has 1 N–H and O–H groups in total. The van der Waals surface area contributed by atoms with Crippen LogP contribution in [-0.2, 0) is 32.6 Å². The number of benzene rings is 4. The number of aryl methyl sites for hydroxylation is 1. The van der Waals surface area contributed by atoms with Crippen molar-refractivity contribution in [3.8, 4) is 23.0 Å². The second-order valence-electron chi connectivity index (χ2n) is 12.0. The molecule has 272 valence electrons. The molecule has 0 aliphatic heterocycles. The minimum Gasteiger partial charge on any atom is -0.497 e. The Kier molecular flexibility index (Phi) is 13.3. The van der Waals surface area contributed by atoms with Gasteiger partial charge in [0.1, 0.15) is 24.1 Å². The molecule has 0 heterocycles. The maximum atomic E-state index is 14.9. The Bertz CT molecular complexity index is 1900. The lowest BCUT2D eigenvalue weighted by molar-refractivity contribution is -0.140. The van der Waals surface area contributed by atoms with Crippen molar-refractivity contribution in [1.29, 1.82) is 0 Å². The molecule has 51 heavy (non-hydrogen) atoms. The first-order valence-electron chi connectivity index (χ1n) is 16.6. The number of nitrogens with zero attached hydrogens (tertiary/aromatic N) is 2. The Hall–Kier alpha value is -5.23. The summed E-state index contributed by atoms with van der Waals surface area (Å²) in [6.07, 6.45) is 0.883. The van der Waals surface area contributed by atoms with E-state index in [0.29, 0.717) is 17.9 Å². The van der Waals surface area contributed by atoms with Crippen molar-refractivity contribution in [2.45, 2.75) is 57.1 Å². The number of ether oxygens (including phenoxy) is 4. The van der Waals surface area contributed by atoms with Gasteiger partial charge in [-0.25, -0.2) is 8.42 Å². The molecule has 0 aromatic heterocycles. The number of amides is 2. The second-order valence-corrected chi connectivity index (χ2v) is 13.9. The monoisotopic (exact) mass is 717 g/mol. The predicted octanol–water partition coefficient (Wildman–Crippen LogP) is 5.78. The minimum absolute atomic E-state index is 0.0520. The van der Waals surface area contributed by atoms with Gasteiger partial charge in [0.25, 0.3) is 10.0 Å². The quantitative estimate of drug-likeness (QED) is 0.146. The molecule has 0 spiro atoms. The maximum Gasteiger partial charge on any atom is 0.265 e. The van der Waals surface area contributed by atoms with Crippen LogP contribution in [0.1, 0.15) is 37.0 Å². The van der Waals surface area contributed by atoms with E-state index < -0.39 is 28.5 Å². The van der Waals surface area contributed by atoms with Crippen molar-refractivity contribution in [2.24, 2.45) is 0 Å². The molecule has 4 aromatic carbocycles. The first-order chi connectivity index (χ1) is 24.5. The van der Waals surface area contributed by atoms with Crippen LogP contribution in [0.3, 0.4) is 0 Å². The van der Waals surface area contributed by atoms with Gasteiger partial charge in [0.15, 0.2) is 11.5 Å². The van der Waals surface area contributed by atoms with E-state index in [-0.39, 0.29) is 47.0 Å². The summed E-state index contributed by atoms with van der Waals surface area (Å²) in [7, 11) is 1.23. The summed E-state index contributed by atoms with van der Waals surface area (Å²) in [5, 5.41) is 3.06. The molecule has 2 atom stereocenters. The molecule has 12 heteroatoms. The molecule has 0 saturated heterocycles. The largest absolute Gasteiger partial charge is 0.497 e. The van der Waals surface area contributed by atoms with Gasteiger partial charge in [-0.2, -0.15) is 0 Å². The lowest BCUT2D eigenvalue weighted by atomic mass is 10.0. The third-order valence-electron chi connectivity index (χ3n) is 8.75. The Morgan fingerprint density at radius 2 is 1.43 bits per heavy atom. The number of nitrogens with one attached hydrogen (secondary N) is 1. The zero-order valence-corrected chi connectivity index (χ0v) is 31.0. The highest BCUT2D eigenvalue weighted by Crippen LogP contribution is 2.38. The van der Waals surface area contributed by atoms with Gasteiger partial charge in [-0.15, -0.1) is 0 Å². The molecule has 11 nitrogen and oxygen atoms in total. The number of carbonyl (C=O) groups excluding carboxylic acids is 2. The van der Waals surface area contributed by atoms with Crippen LogP contribution >= 0.6 is 0 Å². The molecule has 4 rings (SSSR count). The van der Waals surface area contributed by atoms with E-state index in [1.807, 2.05) is 75.4 Å². The normalized spacial score (nSPS) is 12.3. The summed E-state index contributed by atoms with van der Waals surface area (Å²) < 4.78 is 52.2. The van der Waals surface area contributed by atoms with E-state index in [2.05, 4.69) is 5.32 Å². The summed E-state index contributed by atoms with van der Waals surface area (Å²) in [5.74, 6) is 0.105. The smallest absolute Gasteiger partial charge is 0.265 e. The van der Waals surface area contributed by atoms with Gasteiger partial charge >= 0.3 is 0 Å². The van der Waals surface area contributed by atoms with Crippen LogP contribution < -0.4 is 28.6 Å². The molecular formula is C39H47N3O8S. The fraction of sp³-hybridized carbons (Fsp3) is 0.333. The van der Waals surface area contributed by atoms with Gasteiger partial charge < -0.3 is 29.2 Å². The van der Waals surface area contributed by atoms with Gasteiger partial charge in [-0.05, 0) is 61.2 Å². The Morgan fingerprint density at radius 3 is 2.06 bits per heavy atom. The summed E-state index contributed by atoms with van der Waals surface area (Å²) in [4.78, 5) is 30.4. The summed E-state index contributed by atoms with van der Waals surface area (Å²) in [5.41, 5.74) is 2.64. The van der Waals surface area contributed by atoms with Crippen LogP contribution in [-0.4, -0.2) is 72.2 Å². The van der Waals surface area contributed by atoms with E-state index in [1.165, 1.54) is 57.6 Å². The lowest BCUT2D eigenvalue weighted by Crippen LogP contribution is -2.54. The Labute approximate surface area is 301 Å². The van der Waals surface area contributed by atoms with Crippen molar-refractivity contribution < 1.29 is 37.0 Å². The average Bonchev–Trinajstić information content (AvgIpc) is 3.15. The van der Waals surface area contributed by atoms with E-state index in [9.17, 15) is 18.0 Å². The predicted molar refractivity (Wildman–Crippen MR) is 197 cm³/mol. The molecule has 0 bridgehead atoms. The number of methoxy groups -OCH3 is 4. The minimum atomic E-state index is -4.49. The van der Waals surface area contributed by atoms with Gasteiger partial charge in [-0.1, -0.05) is 61.5 Å². The van der Waals surface area contributed by atoms with Crippen LogP contribution in [0.2, 0.25) is 0 Å². The van der Waals surface area contributed by atoms with E-state index in [0.717, 1.165) is 21.0 Å². The number of anilines is 1. The molecule has 0 saturated carbocycles. The number of hydrogen-bond acceptors (Lipinski definition) is 8. The third-order valence-corrected chi connectivity index (χ3v) is 10.5. The maximum absolute atomic E-state index is 14.9. The first kappa shape index (κ1) is 38.6. The number of sulfonamides is 1. The third kappa shape index (κ3) is 9.31. The number of rotatable bonds is 17. The molecule has 2 amide bonds. The van der Waals surface area contributed by atoms with Crippen LogP contribution in [0.4, 0.5) is 5.69 Å². The van der Waals surface area contributed by atoms with Crippen LogP contribution in [0.15, 0.2) is 95.9 Å². The molecule has 0 fully saturated rings. The molecule has 4 aromatic rings.